The lowest BCUT2D eigenvalue weighted by molar-refractivity contribution is -0.00546. The first-order valence-electron chi connectivity index (χ1n) is 8.66. The average Bonchev–Trinajstić information content (AvgIpc) is 2.61. The van der Waals surface area contributed by atoms with Crippen LogP contribution in [0.15, 0.2) is 42.6 Å². The third-order valence-corrected chi connectivity index (χ3v) is 4.46. The summed E-state index contributed by atoms with van der Waals surface area (Å²) in [6.45, 7) is 6.18. The number of para-hydroxylation sites is 1. The summed E-state index contributed by atoms with van der Waals surface area (Å²) in [4.78, 5) is 18.7. The molecule has 3 rings (SSSR count). The van der Waals surface area contributed by atoms with Crippen molar-refractivity contribution in [2.75, 3.05) is 23.3 Å². The summed E-state index contributed by atoms with van der Waals surface area (Å²) in [6.07, 6.45) is 2.17. The zero-order chi connectivity index (χ0) is 18.5. The number of amides is 2. The summed E-state index contributed by atoms with van der Waals surface area (Å²) in [7, 11) is 0. The molecule has 6 nitrogen and oxygen atoms in total. The number of benzene rings is 1. The molecule has 0 aliphatic carbocycles. The van der Waals surface area contributed by atoms with Crippen molar-refractivity contribution in [1.82, 2.24) is 10.3 Å². The van der Waals surface area contributed by atoms with Crippen LogP contribution in [-0.4, -0.2) is 36.3 Å². The van der Waals surface area contributed by atoms with Crippen molar-refractivity contribution in [3.05, 3.63) is 53.2 Å². The standard InChI is InChI=1S/C19H23ClN4O2/c1-13-11-24(12-14(2)26-13)18-8-7-15(9-21-18)10-22-19(25)23-17-6-4-3-5-16(17)20/h3-9,13-14H,10-12H2,1-2H3,(H2,22,23,25). The number of pyridine rings is 1. The first kappa shape index (κ1) is 18.5. The molecular formula is C19H23ClN4O2. The number of urea groups is 1. The Hall–Kier alpha value is -2.31. The van der Waals surface area contributed by atoms with Crippen molar-refractivity contribution in [3.8, 4) is 0 Å². The molecule has 0 spiro atoms. The number of anilines is 2. The molecular weight excluding hydrogens is 352 g/mol. The van der Waals surface area contributed by atoms with E-state index < -0.39 is 0 Å². The number of aromatic nitrogens is 1. The zero-order valence-corrected chi connectivity index (χ0v) is 15.7. The van der Waals surface area contributed by atoms with Crippen LogP contribution in [0.4, 0.5) is 16.3 Å². The lowest BCUT2D eigenvalue weighted by Crippen LogP contribution is -2.45. The first-order valence-corrected chi connectivity index (χ1v) is 9.04. The van der Waals surface area contributed by atoms with Crippen molar-refractivity contribution in [2.45, 2.75) is 32.6 Å². The number of hydrogen-bond acceptors (Lipinski definition) is 4. The molecule has 1 fully saturated rings. The van der Waals surface area contributed by atoms with Crippen LogP contribution < -0.4 is 15.5 Å². The topological polar surface area (TPSA) is 66.5 Å². The number of carbonyl (C=O) groups is 1. The van der Waals surface area contributed by atoms with Gasteiger partial charge in [-0.2, -0.15) is 0 Å². The highest BCUT2D eigenvalue weighted by atomic mass is 35.5. The zero-order valence-electron chi connectivity index (χ0n) is 14.9. The van der Waals surface area contributed by atoms with Gasteiger partial charge in [-0.05, 0) is 37.6 Å². The highest BCUT2D eigenvalue weighted by Gasteiger charge is 2.22. The number of carbonyl (C=O) groups excluding carboxylic acids is 1. The predicted molar refractivity (Wildman–Crippen MR) is 104 cm³/mol. The second-order valence-corrected chi connectivity index (χ2v) is 6.88. The first-order chi connectivity index (χ1) is 12.5. The Morgan fingerprint density at radius 3 is 2.62 bits per heavy atom. The molecule has 138 valence electrons. The fourth-order valence-corrected chi connectivity index (χ4v) is 3.17. The lowest BCUT2D eigenvalue weighted by Gasteiger charge is -2.36. The van der Waals surface area contributed by atoms with Gasteiger partial charge in [0.1, 0.15) is 5.82 Å². The number of ether oxygens (including phenoxy) is 1. The van der Waals surface area contributed by atoms with Crippen LogP contribution in [0.1, 0.15) is 19.4 Å². The molecule has 1 aromatic carbocycles. The number of morpholine rings is 1. The van der Waals surface area contributed by atoms with Gasteiger partial charge < -0.3 is 20.3 Å². The van der Waals surface area contributed by atoms with Gasteiger partial charge in [0, 0.05) is 25.8 Å². The summed E-state index contributed by atoms with van der Waals surface area (Å²) in [5.41, 5.74) is 1.51. The van der Waals surface area contributed by atoms with E-state index in [9.17, 15) is 4.79 Å². The molecule has 1 saturated heterocycles. The lowest BCUT2D eigenvalue weighted by atomic mass is 10.2. The summed E-state index contributed by atoms with van der Waals surface area (Å²) >= 11 is 6.03. The van der Waals surface area contributed by atoms with E-state index >= 15 is 0 Å². The Balaban J connectivity index is 1.53. The molecule has 0 bridgehead atoms. The number of rotatable bonds is 4. The van der Waals surface area contributed by atoms with Crippen molar-refractivity contribution < 1.29 is 9.53 Å². The smallest absolute Gasteiger partial charge is 0.319 e. The highest BCUT2D eigenvalue weighted by Crippen LogP contribution is 2.20. The molecule has 2 heterocycles. The SMILES string of the molecule is CC1CN(c2ccc(CNC(=O)Nc3ccccc3Cl)cn2)CC(C)O1. The Morgan fingerprint density at radius 2 is 1.96 bits per heavy atom. The summed E-state index contributed by atoms with van der Waals surface area (Å²) in [5.74, 6) is 0.927. The molecule has 0 radical (unpaired) electrons. The van der Waals surface area contributed by atoms with Crippen LogP contribution in [0.3, 0.4) is 0 Å². The summed E-state index contributed by atoms with van der Waals surface area (Å²) in [5, 5.41) is 6.04. The van der Waals surface area contributed by atoms with E-state index in [2.05, 4.69) is 34.4 Å². The van der Waals surface area contributed by atoms with Gasteiger partial charge in [-0.25, -0.2) is 9.78 Å². The van der Waals surface area contributed by atoms with E-state index in [0.29, 0.717) is 17.3 Å². The predicted octanol–water partition coefficient (Wildman–Crippen LogP) is 3.67. The fourth-order valence-electron chi connectivity index (χ4n) is 2.98. The van der Waals surface area contributed by atoms with Gasteiger partial charge >= 0.3 is 6.03 Å². The monoisotopic (exact) mass is 374 g/mol. The molecule has 2 atom stereocenters. The Kier molecular flexibility index (Phi) is 5.96. The quantitative estimate of drug-likeness (QED) is 0.856. The molecule has 1 aromatic heterocycles. The molecule has 2 N–H and O–H groups in total. The van der Waals surface area contributed by atoms with Crippen LogP contribution >= 0.6 is 11.6 Å². The van der Waals surface area contributed by atoms with Gasteiger partial charge in [0.25, 0.3) is 0 Å². The van der Waals surface area contributed by atoms with Gasteiger partial charge in [-0.15, -0.1) is 0 Å². The van der Waals surface area contributed by atoms with E-state index in [-0.39, 0.29) is 18.2 Å². The highest BCUT2D eigenvalue weighted by molar-refractivity contribution is 6.33. The van der Waals surface area contributed by atoms with Crippen LogP contribution in [0.5, 0.6) is 0 Å². The van der Waals surface area contributed by atoms with Crippen LogP contribution in [0.25, 0.3) is 0 Å². The van der Waals surface area contributed by atoms with Crippen LogP contribution in [-0.2, 0) is 11.3 Å². The average molecular weight is 375 g/mol. The molecule has 1 aliphatic heterocycles. The Labute approximate surface area is 158 Å². The minimum Gasteiger partial charge on any atom is -0.372 e. The van der Waals surface area contributed by atoms with Gasteiger partial charge in [-0.3, -0.25) is 0 Å². The number of nitrogens with zero attached hydrogens (tertiary/aromatic N) is 2. The Bertz CT molecular complexity index is 743. The number of nitrogens with one attached hydrogen (secondary N) is 2. The summed E-state index contributed by atoms with van der Waals surface area (Å²) in [6, 6.07) is 10.8. The number of halogens is 1. The van der Waals surface area contributed by atoms with E-state index in [1.807, 2.05) is 24.3 Å². The maximum Gasteiger partial charge on any atom is 0.319 e. The second-order valence-electron chi connectivity index (χ2n) is 6.47. The largest absolute Gasteiger partial charge is 0.372 e. The van der Waals surface area contributed by atoms with Gasteiger partial charge in [0.2, 0.25) is 0 Å². The molecule has 2 amide bonds. The molecule has 26 heavy (non-hydrogen) atoms. The van der Waals surface area contributed by atoms with E-state index in [4.69, 9.17) is 16.3 Å². The second kappa shape index (κ2) is 8.38. The minimum atomic E-state index is -0.307. The Morgan fingerprint density at radius 1 is 1.23 bits per heavy atom. The fraction of sp³-hybridized carbons (Fsp3) is 0.368. The number of hydrogen-bond donors (Lipinski definition) is 2. The molecule has 0 saturated carbocycles. The van der Waals surface area contributed by atoms with Gasteiger partial charge in [-0.1, -0.05) is 29.8 Å². The molecule has 2 unspecified atom stereocenters. The molecule has 2 aromatic rings. The molecule has 7 heteroatoms. The normalized spacial score (nSPS) is 19.9. The van der Waals surface area contributed by atoms with Crippen molar-refractivity contribution in [3.63, 3.8) is 0 Å². The van der Waals surface area contributed by atoms with Crippen LogP contribution in [0.2, 0.25) is 5.02 Å². The summed E-state index contributed by atoms with van der Waals surface area (Å²) < 4.78 is 5.75. The minimum absolute atomic E-state index is 0.190. The van der Waals surface area contributed by atoms with E-state index in [1.54, 1.807) is 18.3 Å². The molecule has 1 aliphatic rings. The third kappa shape index (κ3) is 4.86. The van der Waals surface area contributed by atoms with E-state index in [1.165, 1.54) is 0 Å². The third-order valence-electron chi connectivity index (χ3n) is 4.13. The maximum absolute atomic E-state index is 12.0. The van der Waals surface area contributed by atoms with Gasteiger partial charge in [0.05, 0.1) is 22.9 Å². The maximum atomic E-state index is 12.0. The van der Waals surface area contributed by atoms with Crippen LogP contribution in [0, 0.1) is 0 Å². The van der Waals surface area contributed by atoms with Crippen molar-refractivity contribution >= 4 is 29.1 Å². The van der Waals surface area contributed by atoms with Gasteiger partial charge in [0.15, 0.2) is 0 Å². The van der Waals surface area contributed by atoms with Crippen molar-refractivity contribution in [1.29, 1.82) is 0 Å². The van der Waals surface area contributed by atoms with Crippen molar-refractivity contribution in [2.24, 2.45) is 0 Å². The van der Waals surface area contributed by atoms with E-state index in [0.717, 1.165) is 24.5 Å².